The quantitative estimate of drug-likeness (QED) is 0.343. The molecule has 2 aromatic carbocycles. The molecule has 1 atom stereocenters. The molecule has 31 heavy (non-hydrogen) atoms. The molecule has 1 amide bonds. The third kappa shape index (κ3) is 3.77. The van der Waals surface area contributed by atoms with E-state index in [9.17, 15) is 23.5 Å². The second-order valence-corrected chi connectivity index (χ2v) is 8.43. The summed E-state index contributed by atoms with van der Waals surface area (Å²) in [5, 5.41) is 12.9. The molecule has 7 heteroatoms. The Kier molecular flexibility index (Phi) is 5.45. The van der Waals surface area contributed by atoms with Gasteiger partial charge in [0.2, 0.25) is 0 Å². The lowest BCUT2D eigenvalue weighted by Crippen LogP contribution is -2.29. The van der Waals surface area contributed by atoms with Gasteiger partial charge in [0.05, 0.1) is 5.57 Å². The van der Waals surface area contributed by atoms with Crippen LogP contribution < -0.4 is 0 Å². The van der Waals surface area contributed by atoms with Crippen molar-refractivity contribution >= 4 is 28.8 Å². The van der Waals surface area contributed by atoms with Crippen molar-refractivity contribution in [3.05, 3.63) is 98.2 Å². The van der Waals surface area contributed by atoms with Crippen LogP contribution in [0.4, 0.5) is 8.78 Å². The highest BCUT2D eigenvalue weighted by atomic mass is 32.1. The van der Waals surface area contributed by atoms with Crippen LogP contribution in [0.5, 0.6) is 0 Å². The smallest absolute Gasteiger partial charge is 0.295 e. The number of carbonyl (C=O) groups excluding carboxylic acids is 2. The van der Waals surface area contributed by atoms with E-state index in [2.05, 4.69) is 0 Å². The summed E-state index contributed by atoms with van der Waals surface area (Å²) >= 11 is 1.38. The number of hydrogen-bond acceptors (Lipinski definition) is 4. The fraction of sp³-hybridized carbons (Fsp3) is 0.167. The van der Waals surface area contributed by atoms with Crippen molar-refractivity contribution in [2.75, 3.05) is 0 Å². The van der Waals surface area contributed by atoms with E-state index in [1.807, 2.05) is 18.4 Å². The van der Waals surface area contributed by atoms with Gasteiger partial charge in [-0.25, -0.2) is 8.78 Å². The van der Waals surface area contributed by atoms with Gasteiger partial charge in [0.15, 0.2) is 0 Å². The summed E-state index contributed by atoms with van der Waals surface area (Å²) in [7, 11) is 0. The van der Waals surface area contributed by atoms with Crippen LogP contribution >= 0.6 is 11.3 Å². The number of aliphatic hydroxyl groups is 1. The lowest BCUT2D eigenvalue weighted by molar-refractivity contribution is -0.140. The zero-order valence-corrected chi connectivity index (χ0v) is 17.7. The molecular weight excluding hydrogens is 420 g/mol. The molecule has 0 bridgehead atoms. The summed E-state index contributed by atoms with van der Waals surface area (Å²) in [6.07, 6.45) is 0. The number of carbonyl (C=O) groups is 2. The van der Waals surface area contributed by atoms with Crippen LogP contribution in [0.15, 0.2) is 59.5 Å². The third-order valence-corrected chi connectivity index (χ3v) is 6.46. The van der Waals surface area contributed by atoms with Crippen molar-refractivity contribution in [2.45, 2.75) is 26.4 Å². The lowest BCUT2D eigenvalue weighted by Gasteiger charge is -2.25. The summed E-state index contributed by atoms with van der Waals surface area (Å²) in [5.41, 5.74) is 2.07. The molecule has 2 heterocycles. The number of aliphatic hydroxyl groups excluding tert-OH is 1. The van der Waals surface area contributed by atoms with Gasteiger partial charge in [-0.1, -0.05) is 12.1 Å². The Morgan fingerprint density at radius 1 is 1.03 bits per heavy atom. The predicted molar refractivity (Wildman–Crippen MR) is 114 cm³/mol. The molecule has 4 rings (SSSR count). The molecular formula is C24H19F2NO3S. The van der Waals surface area contributed by atoms with Crippen LogP contribution in [0.1, 0.15) is 33.2 Å². The van der Waals surface area contributed by atoms with Crippen molar-refractivity contribution in [1.82, 2.24) is 4.90 Å². The van der Waals surface area contributed by atoms with Crippen molar-refractivity contribution in [3.8, 4) is 0 Å². The first-order chi connectivity index (χ1) is 14.8. The van der Waals surface area contributed by atoms with Gasteiger partial charge >= 0.3 is 0 Å². The number of halogens is 2. The molecule has 0 aliphatic carbocycles. The van der Waals surface area contributed by atoms with Crippen LogP contribution in [-0.2, 0) is 16.1 Å². The van der Waals surface area contributed by atoms with Gasteiger partial charge in [0, 0.05) is 17.0 Å². The fourth-order valence-corrected chi connectivity index (χ4v) is 4.76. The first-order valence-corrected chi connectivity index (χ1v) is 10.5. The zero-order valence-electron chi connectivity index (χ0n) is 16.9. The van der Waals surface area contributed by atoms with E-state index in [0.717, 1.165) is 10.4 Å². The van der Waals surface area contributed by atoms with E-state index in [-0.39, 0.29) is 23.4 Å². The number of amides is 1. The maximum absolute atomic E-state index is 13.7. The SMILES string of the molecule is Cc1cc(/C(O)=C2/C(=O)C(=O)N(Cc3ccc(F)cc3)C2c2sccc2C)ccc1F. The number of Topliss-reactive ketones (excluding diaryl/α,β-unsaturated/α-hetero) is 1. The van der Waals surface area contributed by atoms with Gasteiger partial charge in [0.1, 0.15) is 23.4 Å². The van der Waals surface area contributed by atoms with Crippen LogP contribution in [0.2, 0.25) is 0 Å². The standard InChI is InChI=1S/C24H19F2NO3S/c1-13-9-10-31-23(13)20-19(21(28)16-5-8-18(26)14(2)11-16)22(29)24(30)27(20)12-15-3-6-17(25)7-4-15/h3-11,20,28H,12H2,1-2H3/b21-19-. The molecule has 0 spiro atoms. The van der Waals surface area contributed by atoms with E-state index < -0.39 is 29.4 Å². The molecule has 1 unspecified atom stereocenters. The average molecular weight is 439 g/mol. The van der Waals surface area contributed by atoms with E-state index in [1.54, 1.807) is 19.1 Å². The molecule has 1 fully saturated rings. The summed E-state index contributed by atoms with van der Waals surface area (Å²) in [6, 6.07) is 10.8. The van der Waals surface area contributed by atoms with Gasteiger partial charge in [-0.3, -0.25) is 9.59 Å². The van der Waals surface area contributed by atoms with E-state index >= 15 is 0 Å². The average Bonchev–Trinajstić information content (AvgIpc) is 3.27. The van der Waals surface area contributed by atoms with Crippen LogP contribution in [0.3, 0.4) is 0 Å². The van der Waals surface area contributed by atoms with Crippen LogP contribution in [0.25, 0.3) is 5.76 Å². The number of likely N-dealkylation sites (tertiary alicyclic amines) is 1. The minimum atomic E-state index is -0.806. The Hall–Kier alpha value is -3.32. The maximum atomic E-state index is 13.7. The number of thiophene rings is 1. The Labute approximate surface area is 182 Å². The zero-order chi connectivity index (χ0) is 22.3. The molecule has 0 radical (unpaired) electrons. The Bertz CT molecular complexity index is 1210. The molecule has 158 valence electrons. The van der Waals surface area contributed by atoms with Crippen molar-refractivity contribution in [3.63, 3.8) is 0 Å². The number of aryl methyl sites for hydroxylation is 2. The summed E-state index contributed by atoms with van der Waals surface area (Å²) in [6.45, 7) is 3.50. The van der Waals surface area contributed by atoms with Gasteiger partial charge in [0.25, 0.3) is 11.7 Å². The number of ketones is 1. The molecule has 1 saturated heterocycles. The van der Waals surface area contributed by atoms with Crippen molar-refractivity contribution in [2.24, 2.45) is 0 Å². The number of benzene rings is 2. The van der Waals surface area contributed by atoms with Gasteiger partial charge in [-0.2, -0.15) is 0 Å². The molecule has 0 saturated carbocycles. The highest BCUT2D eigenvalue weighted by molar-refractivity contribution is 7.10. The van der Waals surface area contributed by atoms with Crippen LogP contribution in [0, 0.1) is 25.5 Å². The summed E-state index contributed by atoms with van der Waals surface area (Å²) in [5.74, 6) is -2.73. The lowest BCUT2D eigenvalue weighted by atomic mass is 9.97. The second kappa shape index (κ2) is 8.07. The molecule has 1 aromatic heterocycles. The summed E-state index contributed by atoms with van der Waals surface area (Å²) in [4.78, 5) is 28.1. The molecule has 1 aliphatic rings. The monoisotopic (exact) mass is 439 g/mol. The van der Waals surface area contributed by atoms with E-state index in [4.69, 9.17) is 0 Å². The first kappa shape index (κ1) is 20.9. The fourth-order valence-electron chi connectivity index (χ4n) is 3.71. The normalized spacial score (nSPS) is 18.1. The first-order valence-electron chi connectivity index (χ1n) is 9.61. The highest BCUT2D eigenvalue weighted by Crippen LogP contribution is 2.43. The third-order valence-electron chi connectivity index (χ3n) is 5.39. The minimum absolute atomic E-state index is 0.0383. The summed E-state index contributed by atoms with van der Waals surface area (Å²) < 4.78 is 27.0. The van der Waals surface area contributed by atoms with Crippen molar-refractivity contribution < 1.29 is 23.5 Å². The number of hydrogen-bond donors (Lipinski definition) is 1. The molecule has 3 aromatic rings. The van der Waals surface area contributed by atoms with Gasteiger partial charge < -0.3 is 10.0 Å². The highest BCUT2D eigenvalue weighted by Gasteiger charge is 2.47. The number of rotatable bonds is 4. The largest absolute Gasteiger partial charge is 0.507 e. The number of nitrogens with zero attached hydrogens (tertiary/aromatic N) is 1. The molecule has 1 N–H and O–H groups in total. The maximum Gasteiger partial charge on any atom is 0.295 e. The van der Waals surface area contributed by atoms with E-state index in [0.29, 0.717) is 11.1 Å². The van der Waals surface area contributed by atoms with Crippen molar-refractivity contribution in [1.29, 1.82) is 0 Å². The molecule has 4 nitrogen and oxygen atoms in total. The second-order valence-electron chi connectivity index (χ2n) is 7.49. The van der Waals surface area contributed by atoms with E-state index in [1.165, 1.54) is 46.6 Å². The Morgan fingerprint density at radius 2 is 1.74 bits per heavy atom. The minimum Gasteiger partial charge on any atom is -0.507 e. The van der Waals surface area contributed by atoms with Gasteiger partial charge in [-0.05, 0) is 72.3 Å². The Balaban J connectivity index is 1.86. The predicted octanol–water partition coefficient (Wildman–Crippen LogP) is 5.27. The van der Waals surface area contributed by atoms with Gasteiger partial charge in [-0.15, -0.1) is 11.3 Å². The Morgan fingerprint density at radius 3 is 2.35 bits per heavy atom. The van der Waals surface area contributed by atoms with Crippen LogP contribution in [-0.4, -0.2) is 21.7 Å². The molecule has 1 aliphatic heterocycles. The topological polar surface area (TPSA) is 57.6 Å².